The van der Waals surface area contributed by atoms with E-state index in [9.17, 15) is 18.3 Å². The van der Waals surface area contributed by atoms with Crippen LogP contribution in [0.1, 0.15) is 39.2 Å². The first kappa shape index (κ1) is 22.8. The molecule has 2 aliphatic rings. The van der Waals surface area contributed by atoms with E-state index < -0.39 is 15.9 Å². The van der Waals surface area contributed by atoms with Crippen molar-refractivity contribution in [2.75, 3.05) is 24.2 Å². The number of carboxylic acid groups (broad SMARTS) is 1. The number of thiazole rings is 1. The first-order valence-electron chi connectivity index (χ1n) is 10.7. The van der Waals surface area contributed by atoms with Crippen LogP contribution in [0.5, 0.6) is 5.19 Å². The Morgan fingerprint density at radius 1 is 1.28 bits per heavy atom. The van der Waals surface area contributed by atoms with Crippen molar-refractivity contribution < 1.29 is 23.1 Å². The summed E-state index contributed by atoms with van der Waals surface area (Å²) in [6, 6.07) is 5.11. The second kappa shape index (κ2) is 8.22. The standard InChI is InChI=1S/C22H29N3O5S2/c1-22(2,3)18-12-15(8-10-25(18)21(26)27)30-20-23-19(13-31-20)24-9-7-14-11-16(32(4,28)29)5-6-17(14)24/h5-6,11,13,15,18H,7-10,12H2,1-4H3,(H,26,27). The lowest BCUT2D eigenvalue weighted by Gasteiger charge is -2.44. The van der Waals surface area contributed by atoms with Gasteiger partial charge in [-0.05, 0) is 35.6 Å². The highest BCUT2D eigenvalue weighted by atomic mass is 32.2. The summed E-state index contributed by atoms with van der Waals surface area (Å²) in [5, 5.41) is 12.1. The molecule has 8 nitrogen and oxygen atoms in total. The van der Waals surface area contributed by atoms with Gasteiger partial charge in [-0.25, -0.2) is 13.2 Å². The number of hydrogen-bond donors (Lipinski definition) is 1. The summed E-state index contributed by atoms with van der Waals surface area (Å²) in [6.07, 6.45) is 2.27. The number of ether oxygens (including phenoxy) is 1. The van der Waals surface area contributed by atoms with Crippen LogP contribution in [0.4, 0.5) is 16.3 Å². The zero-order valence-corrected chi connectivity index (χ0v) is 20.4. The van der Waals surface area contributed by atoms with Crippen molar-refractivity contribution in [3.63, 3.8) is 0 Å². The van der Waals surface area contributed by atoms with E-state index in [-0.39, 0.29) is 17.6 Å². The van der Waals surface area contributed by atoms with Crippen molar-refractivity contribution in [2.24, 2.45) is 5.41 Å². The van der Waals surface area contributed by atoms with Crippen molar-refractivity contribution in [2.45, 2.75) is 57.1 Å². The number of amides is 1. The number of carbonyl (C=O) groups is 1. The number of nitrogens with zero attached hydrogens (tertiary/aromatic N) is 3. The molecule has 2 aromatic rings. The van der Waals surface area contributed by atoms with Crippen LogP contribution in [0, 0.1) is 5.41 Å². The second-order valence-corrected chi connectivity index (χ2v) is 12.4. The minimum absolute atomic E-state index is 0.0861. The van der Waals surface area contributed by atoms with Crippen LogP contribution in [0.15, 0.2) is 28.5 Å². The van der Waals surface area contributed by atoms with Crippen molar-refractivity contribution in [1.29, 1.82) is 0 Å². The number of piperidine rings is 1. The predicted molar refractivity (Wildman–Crippen MR) is 124 cm³/mol. The molecule has 1 fully saturated rings. The van der Waals surface area contributed by atoms with Crippen LogP contribution in [-0.2, 0) is 16.3 Å². The second-order valence-electron chi connectivity index (χ2n) is 9.56. The number of sulfone groups is 1. The molecule has 2 atom stereocenters. The van der Waals surface area contributed by atoms with Crippen LogP contribution in [0.25, 0.3) is 0 Å². The number of benzene rings is 1. The van der Waals surface area contributed by atoms with E-state index >= 15 is 0 Å². The van der Waals surface area contributed by atoms with Crippen LogP contribution in [-0.4, -0.2) is 61.0 Å². The largest absolute Gasteiger partial charge is 0.467 e. The molecule has 1 aromatic carbocycles. The van der Waals surface area contributed by atoms with E-state index in [2.05, 4.69) is 30.7 Å². The Balaban J connectivity index is 1.47. The van der Waals surface area contributed by atoms with E-state index in [1.807, 2.05) is 11.4 Å². The highest BCUT2D eigenvalue weighted by Gasteiger charge is 2.39. The maximum atomic E-state index is 11.8. The number of likely N-dealkylation sites (tertiary alicyclic amines) is 1. The number of hydrogen-bond acceptors (Lipinski definition) is 7. The van der Waals surface area contributed by atoms with Gasteiger partial charge in [-0.15, -0.1) is 0 Å². The Morgan fingerprint density at radius 3 is 2.69 bits per heavy atom. The first-order chi connectivity index (χ1) is 14.9. The van der Waals surface area contributed by atoms with Crippen LogP contribution < -0.4 is 9.64 Å². The fraction of sp³-hybridized carbons (Fsp3) is 0.545. The van der Waals surface area contributed by atoms with Crippen LogP contribution in [0.2, 0.25) is 0 Å². The molecule has 0 aliphatic carbocycles. The molecule has 174 valence electrons. The Hall–Kier alpha value is -2.33. The minimum atomic E-state index is -3.24. The van der Waals surface area contributed by atoms with E-state index in [0.717, 1.165) is 30.0 Å². The maximum absolute atomic E-state index is 11.8. The van der Waals surface area contributed by atoms with E-state index in [1.54, 1.807) is 12.1 Å². The molecule has 32 heavy (non-hydrogen) atoms. The zero-order chi connectivity index (χ0) is 23.3. The summed E-state index contributed by atoms with van der Waals surface area (Å²) in [7, 11) is -3.24. The predicted octanol–water partition coefficient (Wildman–Crippen LogP) is 4.18. The number of anilines is 2. The highest BCUT2D eigenvalue weighted by Crippen LogP contribution is 2.39. The highest BCUT2D eigenvalue weighted by molar-refractivity contribution is 7.90. The smallest absolute Gasteiger partial charge is 0.407 e. The molecule has 3 heterocycles. The monoisotopic (exact) mass is 479 g/mol. The Morgan fingerprint density at radius 2 is 2.03 bits per heavy atom. The summed E-state index contributed by atoms with van der Waals surface area (Å²) < 4.78 is 29.9. The molecule has 0 spiro atoms. The van der Waals surface area contributed by atoms with Crippen LogP contribution in [0.3, 0.4) is 0 Å². The molecule has 2 aliphatic heterocycles. The van der Waals surface area contributed by atoms with Gasteiger partial charge in [-0.3, -0.25) is 0 Å². The fourth-order valence-electron chi connectivity index (χ4n) is 4.51. The van der Waals surface area contributed by atoms with Gasteiger partial charge in [0.2, 0.25) is 0 Å². The normalized spacial score (nSPS) is 21.5. The molecule has 1 aromatic heterocycles. The SMILES string of the molecule is CC(C)(C)C1CC(Oc2nc(N3CCc4cc(S(C)(=O)=O)ccc43)cs2)CCN1C(=O)O. The molecule has 0 saturated carbocycles. The number of fused-ring (bicyclic) bond motifs is 1. The molecule has 1 saturated heterocycles. The fourth-order valence-corrected chi connectivity index (χ4v) is 5.90. The zero-order valence-electron chi connectivity index (χ0n) is 18.7. The molecule has 2 unspecified atom stereocenters. The van der Waals surface area contributed by atoms with Gasteiger partial charge in [0, 0.05) is 49.3 Å². The van der Waals surface area contributed by atoms with Crippen molar-refractivity contribution in [3.8, 4) is 5.19 Å². The lowest BCUT2D eigenvalue weighted by atomic mass is 9.80. The Kier molecular flexibility index (Phi) is 5.87. The molecular formula is C22H29N3O5S2. The lowest BCUT2D eigenvalue weighted by molar-refractivity contribution is 0.0130. The molecule has 1 amide bonds. The molecule has 4 rings (SSSR count). The Labute approximate surface area is 192 Å². The summed E-state index contributed by atoms with van der Waals surface area (Å²) >= 11 is 1.43. The lowest BCUT2D eigenvalue weighted by Crippen LogP contribution is -2.53. The summed E-state index contributed by atoms with van der Waals surface area (Å²) in [4.78, 5) is 20.3. The van der Waals surface area contributed by atoms with E-state index in [4.69, 9.17) is 4.74 Å². The summed E-state index contributed by atoms with van der Waals surface area (Å²) in [5.41, 5.74) is 1.78. The van der Waals surface area contributed by atoms with Gasteiger partial charge in [0.25, 0.3) is 5.19 Å². The van der Waals surface area contributed by atoms with Gasteiger partial charge < -0.3 is 19.6 Å². The number of aromatic nitrogens is 1. The van der Waals surface area contributed by atoms with Gasteiger partial charge >= 0.3 is 6.09 Å². The van der Waals surface area contributed by atoms with Crippen LogP contribution >= 0.6 is 11.3 Å². The maximum Gasteiger partial charge on any atom is 0.407 e. The first-order valence-corrected chi connectivity index (χ1v) is 13.4. The molecule has 10 heteroatoms. The molecule has 0 radical (unpaired) electrons. The van der Waals surface area contributed by atoms with Gasteiger partial charge in [0.1, 0.15) is 11.9 Å². The average Bonchev–Trinajstić information content (AvgIpc) is 3.32. The third kappa shape index (κ3) is 4.56. The number of rotatable bonds is 4. The van der Waals surface area contributed by atoms with Crippen molar-refractivity contribution in [1.82, 2.24) is 9.88 Å². The van der Waals surface area contributed by atoms with Gasteiger partial charge in [-0.2, -0.15) is 4.98 Å². The molecular weight excluding hydrogens is 450 g/mol. The topological polar surface area (TPSA) is 100 Å². The van der Waals surface area contributed by atoms with Crippen molar-refractivity contribution >= 4 is 38.8 Å². The van der Waals surface area contributed by atoms with Crippen molar-refractivity contribution in [3.05, 3.63) is 29.1 Å². The quantitative estimate of drug-likeness (QED) is 0.702. The van der Waals surface area contributed by atoms with E-state index in [0.29, 0.717) is 29.5 Å². The summed E-state index contributed by atoms with van der Waals surface area (Å²) in [6.45, 7) is 7.34. The van der Waals surface area contributed by atoms with Gasteiger partial charge in [-0.1, -0.05) is 32.1 Å². The molecule has 1 N–H and O–H groups in total. The van der Waals surface area contributed by atoms with E-state index in [1.165, 1.54) is 22.5 Å². The molecule has 0 bridgehead atoms. The third-order valence-corrected chi connectivity index (χ3v) is 8.02. The average molecular weight is 480 g/mol. The Bertz CT molecular complexity index is 1120. The third-order valence-electron chi connectivity index (χ3n) is 6.19. The minimum Gasteiger partial charge on any atom is -0.467 e. The van der Waals surface area contributed by atoms with Gasteiger partial charge in [0.15, 0.2) is 9.84 Å². The van der Waals surface area contributed by atoms with Gasteiger partial charge in [0.05, 0.1) is 4.90 Å². The summed E-state index contributed by atoms with van der Waals surface area (Å²) in [5.74, 6) is 0.784.